The van der Waals surface area contributed by atoms with Crippen LogP contribution in [-0.4, -0.2) is 20.1 Å². The average Bonchev–Trinajstić information content (AvgIpc) is 2.32. The van der Waals surface area contributed by atoms with Crippen molar-refractivity contribution in [1.82, 2.24) is 14.9 Å². The normalized spacial score (nSPS) is 11.2. The van der Waals surface area contributed by atoms with E-state index in [2.05, 4.69) is 10.2 Å². The fourth-order valence-electron chi connectivity index (χ4n) is 1.87. The molecule has 0 bridgehead atoms. The number of hydrogen-bond donors (Lipinski definition) is 2. The third kappa shape index (κ3) is 1.39. The van der Waals surface area contributed by atoms with Crippen LogP contribution in [0.3, 0.4) is 0 Å². The summed E-state index contributed by atoms with van der Waals surface area (Å²) in [6, 6.07) is 4.24. The van der Waals surface area contributed by atoms with Crippen molar-refractivity contribution < 1.29 is 5.21 Å². The third-order valence-corrected chi connectivity index (χ3v) is 2.99. The molecule has 0 fully saturated rings. The molecule has 2 aliphatic rings. The quantitative estimate of drug-likeness (QED) is 0.469. The van der Waals surface area contributed by atoms with Crippen LogP contribution >= 0.6 is 11.6 Å². The van der Waals surface area contributed by atoms with E-state index in [9.17, 15) is 14.8 Å². The van der Waals surface area contributed by atoms with E-state index in [1.54, 1.807) is 6.07 Å². The van der Waals surface area contributed by atoms with Crippen molar-refractivity contribution in [1.29, 1.82) is 0 Å². The minimum absolute atomic E-state index is 0.0271. The largest absolute Gasteiger partial charge is 0.428 e. The summed E-state index contributed by atoms with van der Waals surface area (Å²) in [4.78, 5) is 23.0. The topological polar surface area (TPSA) is 88.0 Å². The Morgan fingerprint density at radius 3 is 2.83 bits per heavy atom. The number of nitrogens with one attached hydrogen (secondary N) is 1. The SMILES string of the molecule is O=c1cc2n(O)c3c(=O)[nH]ncc3cc-2cc1Cl. The first-order chi connectivity index (χ1) is 8.58. The molecule has 0 saturated carbocycles. The molecule has 0 unspecified atom stereocenters. The number of benzene rings is 1. The van der Waals surface area contributed by atoms with Crippen molar-refractivity contribution in [3.05, 3.63) is 50.0 Å². The van der Waals surface area contributed by atoms with Crippen LogP contribution in [0.1, 0.15) is 0 Å². The van der Waals surface area contributed by atoms with Gasteiger partial charge in [0, 0.05) is 17.0 Å². The Morgan fingerprint density at radius 2 is 2.06 bits per heavy atom. The second kappa shape index (κ2) is 3.58. The highest BCUT2D eigenvalue weighted by atomic mass is 35.5. The van der Waals surface area contributed by atoms with Gasteiger partial charge in [0.15, 0.2) is 10.9 Å². The fourth-order valence-corrected chi connectivity index (χ4v) is 2.05. The van der Waals surface area contributed by atoms with Gasteiger partial charge in [-0.2, -0.15) is 9.83 Å². The Kier molecular flexibility index (Phi) is 2.14. The second-order valence-electron chi connectivity index (χ2n) is 3.80. The number of pyridine rings is 1. The van der Waals surface area contributed by atoms with Gasteiger partial charge in [0.2, 0.25) is 0 Å². The molecule has 1 aliphatic carbocycles. The zero-order chi connectivity index (χ0) is 12.9. The average molecular weight is 264 g/mol. The first-order valence-electron chi connectivity index (χ1n) is 5.00. The predicted octanol–water partition coefficient (Wildman–Crippen LogP) is 1.08. The van der Waals surface area contributed by atoms with Crippen molar-refractivity contribution in [2.24, 2.45) is 0 Å². The van der Waals surface area contributed by atoms with E-state index in [1.807, 2.05) is 0 Å². The van der Waals surface area contributed by atoms with Gasteiger partial charge < -0.3 is 5.21 Å². The minimum atomic E-state index is -0.542. The summed E-state index contributed by atoms with van der Waals surface area (Å²) in [5.41, 5.74) is -0.175. The molecule has 2 N–H and O–H groups in total. The summed E-state index contributed by atoms with van der Waals surface area (Å²) < 4.78 is 0.670. The zero-order valence-corrected chi connectivity index (χ0v) is 9.60. The Balaban J connectivity index is 2.63. The molecule has 0 amide bonds. The number of H-pyrrole nitrogens is 1. The molecule has 0 saturated heterocycles. The van der Waals surface area contributed by atoms with Crippen molar-refractivity contribution in [2.45, 2.75) is 0 Å². The van der Waals surface area contributed by atoms with E-state index in [4.69, 9.17) is 11.6 Å². The van der Waals surface area contributed by atoms with E-state index in [0.29, 0.717) is 15.7 Å². The van der Waals surface area contributed by atoms with Gasteiger partial charge in [-0.05, 0) is 12.1 Å². The van der Waals surface area contributed by atoms with Gasteiger partial charge in [0.05, 0.1) is 16.9 Å². The molecule has 1 aromatic rings. The van der Waals surface area contributed by atoms with E-state index in [1.165, 1.54) is 18.3 Å². The molecule has 0 spiro atoms. The Labute approximate surface area is 104 Å². The molecule has 1 aliphatic heterocycles. The van der Waals surface area contributed by atoms with E-state index >= 15 is 0 Å². The number of rotatable bonds is 0. The van der Waals surface area contributed by atoms with E-state index in [0.717, 1.165) is 0 Å². The van der Waals surface area contributed by atoms with Crippen LogP contribution in [0.2, 0.25) is 5.02 Å². The first kappa shape index (κ1) is 10.8. The summed E-state index contributed by atoms with van der Waals surface area (Å²) in [6.45, 7) is 0. The van der Waals surface area contributed by atoms with Crippen LogP contribution < -0.4 is 11.0 Å². The summed E-state index contributed by atoms with van der Waals surface area (Å²) in [6.07, 6.45) is 1.40. The molecule has 0 aromatic carbocycles. The molecule has 18 heavy (non-hydrogen) atoms. The van der Waals surface area contributed by atoms with Gasteiger partial charge in [-0.3, -0.25) is 9.59 Å². The standard InChI is InChI=1S/C11H6ClN3O3/c12-7-2-5-1-6-4-13-14-11(17)10(6)15(18)8(5)3-9(7)16/h1-4,18H,(H,14,17). The summed E-state index contributed by atoms with van der Waals surface area (Å²) in [7, 11) is 0. The highest BCUT2D eigenvalue weighted by Gasteiger charge is 2.15. The van der Waals surface area contributed by atoms with Crippen molar-refractivity contribution >= 4 is 22.5 Å². The molecule has 90 valence electrons. The first-order valence-corrected chi connectivity index (χ1v) is 5.37. The highest BCUT2D eigenvalue weighted by molar-refractivity contribution is 6.30. The van der Waals surface area contributed by atoms with Gasteiger partial charge in [-0.15, -0.1) is 0 Å². The van der Waals surface area contributed by atoms with Gasteiger partial charge in [-0.1, -0.05) is 11.6 Å². The Hall–Kier alpha value is -2.34. The number of nitrogens with zero attached hydrogens (tertiary/aromatic N) is 2. The molecule has 2 heterocycles. The summed E-state index contributed by atoms with van der Waals surface area (Å²) in [5.74, 6) is 0. The zero-order valence-electron chi connectivity index (χ0n) is 8.85. The number of hydrogen-bond acceptors (Lipinski definition) is 4. The van der Waals surface area contributed by atoms with Gasteiger partial charge in [0.25, 0.3) is 5.56 Å². The van der Waals surface area contributed by atoms with Crippen molar-refractivity contribution in [2.75, 3.05) is 0 Å². The lowest BCUT2D eigenvalue weighted by Crippen LogP contribution is -2.16. The van der Waals surface area contributed by atoms with Crippen LogP contribution in [0.15, 0.2) is 34.0 Å². The van der Waals surface area contributed by atoms with E-state index in [-0.39, 0.29) is 16.2 Å². The molecule has 6 nitrogen and oxygen atoms in total. The van der Waals surface area contributed by atoms with Gasteiger partial charge in [-0.25, -0.2) is 5.10 Å². The smallest absolute Gasteiger partial charge is 0.292 e. The molecule has 0 atom stereocenters. The number of aromatic amines is 1. The number of halogens is 1. The molecular weight excluding hydrogens is 258 g/mol. The van der Waals surface area contributed by atoms with Crippen LogP contribution in [-0.2, 0) is 0 Å². The van der Waals surface area contributed by atoms with Crippen LogP contribution in [0, 0.1) is 0 Å². The number of fused-ring (bicyclic) bond motifs is 2. The molecule has 0 radical (unpaired) electrons. The minimum Gasteiger partial charge on any atom is -0.428 e. The maximum absolute atomic E-state index is 11.6. The second-order valence-corrected chi connectivity index (χ2v) is 4.21. The Bertz CT molecular complexity index is 852. The number of aromatic nitrogens is 3. The monoisotopic (exact) mass is 263 g/mol. The van der Waals surface area contributed by atoms with E-state index < -0.39 is 11.0 Å². The lowest BCUT2D eigenvalue weighted by Gasteiger charge is -2.12. The van der Waals surface area contributed by atoms with Crippen molar-refractivity contribution in [3.8, 4) is 11.3 Å². The molecule has 3 rings (SSSR count). The van der Waals surface area contributed by atoms with Crippen LogP contribution in [0.5, 0.6) is 0 Å². The predicted molar refractivity (Wildman–Crippen MR) is 65.4 cm³/mol. The summed E-state index contributed by atoms with van der Waals surface area (Å²) >= 11 is 5.74. The Morgan fingerprint density at radius 1 is 1.28 bits per heavy atom. The summed E-state index contributed by atoms with van der Waals surface area (Å²) in [5, 5.41) is 16.4. The lowest BCUT2D eigenvalue weighted by molar-refractivity contribution is 0.202. The van der Waals surface area contributed by atoms with Crippen molar-refractivity contribution in [3.63, 3.8) is 0 Å². The van der Waals surface area contributed by atoms with Crippen LogP contribution in [0.25, 0.3) is 22.2 Å². The van der Waals surface area contributed by atoms with Gasteiger partial charge in [0.1, 0.15) is 0 Å². The highest BCUT2D eigenvalue weighted by Crippen LogP contribution is 2.25. The lowest BCUT2D eigenvalue weighted by atomic mass is 10.1. The third-order valence-electron chi connectivity index (χ3n) is 2.69. The molecular formula is C11H6ClN3O3. The fraction of sp³-hybridized carbons (Fsp3) is 0. The van der Waals surface area contributed by atoms with Gasteiger partial charge >= 0.3 is 0 Å². The maximum atomic E-state index is 11.6. The van der Waals surface area contributed by atoms with Crippen LogP contribution in [0.4, 0.5) is 0 Å². The molecule has 7 heteroatoms. The molecule has 1 aromatic heterocycles. The maximum Gasteiger partial charge on any atom is 0.292 e.